The SMILES string of the molecule is O=C(Cc1ccccc1)NC1(NS(=O)(=O)c2cc(Cl)c(Cl)cc2Cl)CSC=N1. The first-order valence-corrected chi connectivity index (χ1v) is 11.6. The zero-order valence-electron chi connectivity index (χ0n) is 14.2. The molecular formula is C17H14Cl3N3O3S2. The highest BCUT2D eigenvalue weighted by atomic mass is 35.5. The molecule has 2 aromatic carbocycles. The van der Waals surface area contributed by atoms with Gasteiger partial charge in [-0.05, 0) is 17.7 Å². The van der Waals surface area contributed by atoms with Crippen molar-refractivity contribution >= 4 is 68.0 Å². The lowest BCUT2D eigenvalue weighted by Crippen LogP contribution is -2.60. The highest BCUT2D eigenvalue weighted by Crippen LogP contribution is 2.32. The predicted molar refractivity (Wildman–Crippen MR) is 114 cm³/mol. The van der Waals surface area contributed by atoms with E-state index in [9.17, 15) is 13.2 Å². The van der Waals surface area contributed by atoms with E-state index >= 15 is 0 Å². The van der Waals surface area contributed by atoms with Crippen LogP contribution < -0.4 is 10.0 Å². The molecule has 1 heterocycles. The Kier molecular flexibility index (Phi) is 6.58. The number of thioether (sulfide) groups is 1. The van der Waals surface area contributed by atoms with Crippen LogP contribution >= 0.6 is 46.6 Å². The fraction of sp³-hybridized carbons (Fsp3) is 0.176. The predicted octanol–water partition coefficient (Wildman–Crippen LogP) is 3.71. The molecule has 0 aliphatic carbocycles. The Labute approximate surface area is 181 Å². The third-order valence-corrected chi connectivity index (χ3v) is 7.27. The minimum Gasteiger partial charge on any atom is -0.318 e. The van der Waals surface area contributed by atoms with Gasteiger partial charge in [0.1, 0.15) is 4.90 Å². The smallest absolute Gasteiger partial charge is 0.245 e. The van der Waals surface area contributed by atoms with Crippen molar-refractivity contribution in [2.24, 2.45) is 4.99 Å². The van der Waals surface area contributed by atoms with Gasteiger partial charge in [-0.15, -0.1) is 11.8 Å². The van der Waals surface area contributed by atoms with Crippen LogP contribution in [0.25, 0.3) is 0 Å². The second-order valence-corrected chi connectivity index (χ2v) is 9.62. The van der Waals surface area contributed by atoms with Gasteiger partial charge in [-0.25, -0.2) is 13.4 Å². The highest BCUT2D eigenvalue weighted by Gasteiger charge is 2.39. The van der Waals surface area contributed by atoms with E-state index in [1.54, 1.807) is 12.1 Å². The van der Waals surface area contributed by atoms with Crippen molar-refractivity contribution in [3.8, 4) is 0 Å². The molecule has 148 valence electrons. The standard InChI is InChI=1S/C17H14Cl3N3O3S2/c18-12-7-14(20)15(8-13(12)19)28(25,26)23-17(9-27-10-21-17)22-16(24)6-11-4-2-1-3-5-11/h1-5,7-8,10,23H,6,9H2,(H,22,24). The summed E-state index contributed by atoms with van der Waals surface area (Å²) < 4.78 is 28.2. The Morgan fingerprint density at radius 1 is 1.11 bits per heavy atom. The van der Waals surface area contributed by atoms with Gasteiger partial charge in [-0.3, -0.25) is 4.79 Å². The van der Waals surface area contributed by atoms with E-state index in [2.05, 4.69) is 15.0 Å². The van der Waals surface area contributed by atoms with Crippen molar-refractivity contribution in [3.05, 3.63) is 63.1 Å². The first kappa shape index (κ1) is 21.4. The summed E-state index contributed by atoms with van der Waals surface area (Å²) in [5.74, 6) is -1.72. The molecule has 0 aromatic heterocycles. The first-order chi connectivity index (χ1) is 13.2. The van der Waals surface area contributed by atoms with Gasteiger partial charge in [-0.2, -0.15) is 4.72 Å². The number of hydrogen-bond donors (Lipinski definition) is 2. The van der Waals surface area contributed by atoms with E-state index in [-0.39, 0.29) is 38.0 Å². The summed E-state index contributed by atoms with van der Waals surface area (Å²) >= 11 is 19.1. The summed E-state index contributed by atoms with van der Waals surface area (Å²) in [5, 5.41) is 2.74. The topological polar surface area (TPSA) is 87.6 Å². The van der Waals surface area contributed by atoms with E-state index in [0.717, 1.165) is 11.6 Å². The maximum absolute atomic E-state index is 12.9. The molecule has 0 spiro atoms. The maximum atomic E-state index is 12.9. The van der Waals surface area contributed by atoms with Crippen LogP contribution in [0.15, 0.2) is 52.4 Å². The van der Waals surface area contributed by atoms with Crippen LogP contribution in [0.1, 0.15) is 5.56 Å². The van der Waals surface area contributed by atoms with Gasteiger partial charge >= 0.3 is 0 Å². The van der Waals surface area contributed by atoms with Crippen LogP contribution in [0.5, 0.6) is 0 Å². The third kappa shape index (κ3) is 5.00. The molecule has 1 aliphatic rings. The number of benzene rings is 2. The monoisotopic (exact) mass is 477 g/mol. The fourth-order valence-electron chi connectivity index (χ4n) is 2.52. The van der Waals surface area contributed by atoms with Crippen molar-refractivity contribution in [3.63, 3.8) is 0 Å². The van der Waals surface area contributed by atoms with Crippen LogP contribution in [0.2, 0.25) is 15.1 Å². The van der Waals surface area contributed by atoms with Gasteiger partial charge in [0.2, 0.25) is 21.7 Å². The molecule has 1 atom stereocenters. The van der Waals surface area contributed by atoms with Gasteiger partial charge in [0.15, 0.2) is 0 Å². The zero-order chi connectivity index (χ0) is 20.4. The Balaban J connectivity index is 1.83. The number of sulfonamides is 1. The Hall–Kier alpha value is -1.29. The van der Waals surface area contributed by atoms with Crippen molar-refractivity contribution < 1.29 is 13.2 Å². The number of aliphatic imine (C=N–C) groups is 1. The van der Waals surface area contributed by atoms with Gasteiger partial charge in [0.05, 0.1) is 32.8 Å². The Bertz CT molecular complexity index is 1030. The number of rotatable bonds is 6. The maximum Gasteiger partial charge on any atom is 0.245 e. The lowest BCUT2D eigenvalue weighted by Gasteiger charge is -2.28. The molecule has 2 aromatic rings. The number of nitrogens with one attached hydrogen (secondary N) is 2. The average Bonchev–Trinajstić information content (AvgIpc) is 3.05. The molecule has 3 rings (SSSR count). The van der Waals surface area contributed by atoms with Gasteiger partial charge in [-0.1, -0.05) is 65.1 Å². The molecule has 1 unspecified atom stereocenters. The molecule has 11 heteroatoms. The van der Waals surface area contributed by atoms with Crippen LogP contribution in [-0.2, 0) is 21.2 Å². The Morgan fingerprint density at radius 3 is 2.43 bits per heavy atom. The van der Waals surface area contributed by atoms with Crippen LogP contribution in [0, 0.1) is 0 Å². The molecule has 28 heavy (non-hydrogen) atoms. The van der Waals surface area contributed by atoms with E-state index in [4.69, 9.17) is 34.8 Å². The van der Waals surface area contributed by atoms with Crippen molar-refractivity contribution in [2.45, 2.75) is 17.1 Å². The van der Waals surface area contributed by atoms with Gasteiger partial charge in [0, 0.05) is 0 Å². The quantitative estimate of drug-likeness (QED) is 0.489. The van der Waals surface area contributed by atoms with Crippen LogP contribution in [0.4, 0.5) is 0 Å². The largest absolute Gasteiger partial charge is 0.318 e. The zero-order valence-corrected chi connectivity index (χ0v) is 18.1. The van der Waals surface area contributed by atoms with Crippen molar-refractivity contribution in [1.29, 1.82) is 0 Å². The second kappa shape index (κ2) is 8.61. The summed E-state index contributed by atoms with van der Waals surface area (Å²) in [4.78, 5) is 16.4. The normalized spacial score (nSPS) is 19.0. The lowest BCUT2D eigenvalue weighted by atomic mass is 10.1. The molecule has 0 saturated carbocycles. The van der Waals surface area contributed by atoms with Crippen molar-refractivity contribution in [1.82, 2.24) is 10.0 Å². The molecule has 0 fully saturated rings. The van der Waals surface area contributed by atoms with E-state index in [1.807, 2.05) is 18.2 Å². The molecule has 2 N–H and O–H groups in total. The molecular weight excluding hydrogens is 465 g/mol. The van der Waals surface area contributed by atoms with Crippen LogP contribution in [-0.4, -0.2) is 31.4 Å². The lowest BCUT2D eigenvalue weighted by molar-refractivity contribution is -0.122. The van der Waals surface area contributed by atoms with E-state index < -0.39 is 15.8 Å². The Morgan fingerprint density at radius 2 is 1.79 bits per heavy atom. The van der Waals surface area contributed by atoms with Gasteiger partial charge < -0.3 is 5.32 Å². The minimum atomic E-state index is -4.16. The third-order valence-electron chi connectivity index (χ3n) is 3.76. The summed E-state index contributed by atoms with van der Waals surface area (Å²) in [6.07, 6.45) is 0.0814. The summed E-state index contributed by atoms with van der Waals surface area (Å²) in [5.41, 5.74) is 2.27. The summed E-state index contributed by atoms with van der Waals surface area (Å²) in [7, 11) is -4.16. The van der Waals surface area contributed by atoms with E-state index in [0.29, 0.717) is 0 Å². The number of halogens is 3. The molecule has 6 nitrogen and oxygen atoms in total. The van der Waals surface area contributed by atoms with Crippen LogP contribution in [0.3, 0.4) is 0 Å². The molecule has 0 radical (unpaired) electrons. The number of carbonyl (C=O) groups is 1. The average molecular weight is 479 g/mol. The number of amides is 1. The number of hydrogen-bond acceptors (Lipinski definition) is 5. The molecule has 0 saturated heterocycles. The summed E-state index contributed by atoms with van der Waals surface area (Å²) in [6.45, 7) is 0. The summed E-state index contributed by atoms with van der Waals surface area (Å²) in [6, 6.07) is 11.5. The minimum absolute atomic E-state index is 0.0397. The number of carbonyl (C=O) groups excluding carboxylic acids is 1. The fourth-order valence-corrected chi connectivity index (χ4v) is 5.63. The van der Waals surface area contributed by atoms with E-state index in [1.165, 1.54) is 23.4 Å². The highest BCUT2D eigenvalue weighted by molar-refractivity contribution is 8.12. The second-order valence-electron chi connectivity index (χ2n) is 5.92. The molecule has 1 amide bonds. The first-order valence-electron chi connectivity index (χ1n) is 7.89. The van der Waals surface area contributed by atoms with Gasteiger partial charge in [0.25, 0.3) is 0 Å². The molecule has 1 aliphatic heterocycles. The number of nitrogens with zero attached hydrogens (tertiary/aromatic N) is 1. The molecule has 0 bridgehead atoms. The van der Waals surface area contributed by atoms with Crippen molar-refractivity contribution in [2.75, 3.05) is 5.75 Å².